The lowest BCUT2D eigenvalue weighted by molar-refractivity contribution is 0.579. The van der Waals surface area contributed by atoms with Crippen LogP contribution in [0.5, 0.6) is 0 Å². The highest BCUT2D eigenvalue weighted by molar-refractivity contribution is 9.10. The molecule has 0 aromatic heterocycles. The number of sulfone groups is 1. The second-order valence-electron chi connectivity index (χ2n) is 5.52. The van der Waals surface area contributed by atoms with Crippen molar-refractivity contribution < 1.29 is 8.42 Å². The van der Waals surface area contributed by atoms with Gasteiger partial charge in [0.05, 0.1) is 10.1 Å². The van der Waals surface area contributed by atoms with Gasteiger partial charge in [-0.3, -0.25) is 0 Å². The number of hydrogen-bond acceptors (Lipinski definition) is 2. The predicted molar refractivity (Wildman–Crippen MR) is 75.2 cm³/mol. The predicted octanol–water partition coefficient (Wildman–Crippen LogP) is 3.93. The average Bonchev–Trinajstić information content (AvgIpc) is 2.15. The van der Waals surface area contributed by atoms with Crippen LogP contribution in [-0.2, 0) is 15.3 Å². The second-order valence-corrected chi connectivity index (χ2v) is 8.94. The van der Waals surface area contributed by atoms with E-state index in [0.717, 1.165) is 10.0 Å². The Balaban J connectivity index is 3.44. The molecule has 0 saturated heterocycles. The number of hydrogen-bond donors (Lipinski definition) is 0. The van der Waals surface area contributed by atoms with E-state index in [-0.39, 0.29) is 5.41 Å². The van der Waals surface area contributed by atoms with Crippen LogP contribution in [0.3, 0.4) is 0 Å². The van der Waals surface area contributed by atoms with Crippen LogP contribution in [-0.4, -0.2) is 13.7 Å². The molecular weight excluding hydrogens is 300 g/mol. The molecule has 2 nitrogen and oxygen atoms in total. The Kier molecular flexibility index (Phi) is 4.09. The average molecular weight is 319 g/mol. The van der Waals surface area contributed by atoms with E-state index in [0.29, 0.717) is 4.90 Å². The van der Waals surface area contributed by atoms with Crippen molar-refractivity contribution in [1.29, 1.82) is 0 Å². The van der Waals surface area contributed by atoms with Crippen molar-refractivity contribution in [3.8, 4) is 0 Å². The number of benzene rings is 1. The molecular formula is C13H19BrO2S. The van der Waals surface area contributed by atoms with Crippen molar-refractivity contribution in [2.45, 2.75) is 50.2 Å². The highest BCUT2D eigenvalue weighted by Gasteiger charge is 2.23. The maximum absolute atomic E-state index is 12.1. The van der Waals surface area contributed by atoms with E-state index in [4.69, 9.17) is 0 Å². The summed E-state index contributed by atoms with van der Waals surface area (Å²) in [6, 6.07) is 5.42. The Morgan fingerprint density at radius 1 is 1.12 bits per heavy atom. The minimum atomic E-state index is -3.21. The molecule has 0 amide bonds. The SMILES string of the molecule is CC(C)S(=O)(=O)c1cc(Br)cc(C(C)(C)C)c1. The van der Waals surface area contributed by atoms with Gasteiger partial charge in [-0.1, -0.05) is 36.7 Å². The fourth-order valence-electron chi connectivity index (χ4n) is 1.43. The zero-order valence-corrected chi connectivity index (χ0v) is 13.3. The van der Waals surface area contributed by atoms with Gasteiger partial charge >= 0.3 is 0 Å². The highest BCUT2D eigenvalue weighted by atomic mass is 79.9. The highest BCUT2D eigenvalue weighted by Crippen LogP contribution is 2.29. The largest absolute Gasteiger partial charge is 0.223 e. The van der Waals surface area contributed by atoms with Gasteiger partial charge in [-0.05, 0) is 43.0 Å². The zero-order valence-electron chi connectivity index (χ0n) is 10.9. The molecule has 0 aliphatic rings. The lowest BCUT2D eigenvalue weighted by atomic mass is 9.87. The van der Waals surface area contributed by atoms with Crippen LogP contribution in [0, 0.1) is 0 Å². The van der Waals surface area contributed by atoms with Crippen molar-refractivity contribution in [3.05, 3.63) is 28.2 Å². The summed E-state index contributed by atoms with van der Waals surface area (Å²) >= 11 is 3.38. The van der Waals surface area contributed by atoms with Gasteiger partial charge in [0.2, 0.25) is 0 Å². The van der Waals surface area contributed by atoms with Gasteiger partial charge in [-0.15, -0.1) is 0 Å². The molecule has 17 heavy (non-hydrogen) atoms. The molecule has 0 aliphatic carbocycles. The van der Waals surface area contributed by atoms with Crippen LogP contribution >= 0.6 is 15.9 Å². The zero-order chi connectivity index (χ0) is 13.4. The fourth-order valence-corrected chi connectivity index (χ4v) is 3.20. The summed E-state index contributed by atoms with van der Waals surface area (Å²) < 4.78 is 25.1. The van der Waals surface area contributed by atoms with Gasteiger partial charge in [-0.2, -0.15) is 0 Å². The summed E-state index contributed by atoms with van der Waals surface area (Å²) in [5, 5.41) is -0.399. The molecule has 0 saturated carbocycles. The summed E-state index contributed by atoms with van der Waals surface area (Å²) in [6.45, 7) is 9.61. The van der Waals surface area contributed by atoms with E-state index in [1.807, 2.05) is 6.07 Å². The third-order valence-corrected chi connectivity index (χ3v) is 5.28. The van der Waals surface area contributed by atoms with Gasteiger partial charge in [0.25, 0.3) is 0 Å². The molecule has 0 spiro atoms. The van der Waals surface area contributed by atoms with E-state index in [1.165, 1.54) is 0 Å². The van der Waals surface area contributed by atoms with Crippen LogP contribution < -0.4 is 0 Å². The topological polar surface area (TPSA) is 34.1 Å². The molecule has 0 bridgehead atoms. The summed E-state index contributed by atoms with van der Waals surface area (Å²) in [6.07, 6.45) is 0. The summed E-state index contributed by atoms with van der Waals surface area (Å²) in [7, 11) is -3.21. The van der Waals surface area contributed by atoms with E-state index < -0.39 is 15.1 Å². The van der Waals surface area contributed by atoms with Crippen LogP contribution in [0.15, 0.2) is 27.6 Å². The molecule has 0 aliphatic heterocycles. The van der Waals surface area contributed by atoms with Crippen molar-refractivity contribution in [1.82, 2.24) is 0 Å². The molecule has 0 heterocycles. The summed E-state index contributed by atoms with van der Waals surface area (Å²) in [4.78, 5) is 0.395. The first-order chi connectivity index (χ1) is 7.55. The maximum atomic E-state index is 12.1. The maximum Gasteiger partial charge on any atom is 0.180 e. The van der Waals surface area contributed by atoms with E-state index in [9.17, 15) is 8.42 Å². The molecule has 0 unspecified atom stereocenters. The Morgan fingerprint density at radius 2 is 1.65 bits per heavy atom. The lowest BCUT2D eigenvalue weighted by Crippen LogP contribution is -2.17. The van der Waals surface area contributed by atoms with Crippen LogP contribution in [0.2, 0.25) is 0 Å². The first-order valence-corrected chi connectivity index (χ1v) is 7.94. The molecule has 4 heteroatoms. The van der Waals surface area contributed by atoms with Crippen molar-refractivity contribution >= 4 is 25.8 Å². The molecule has 0 fully saturated rings. The molecule has 96 valence electrons. The van der Waals surface area contributed by atoms with E-state index in [2.05, 4.69) is 36.7 Å². The first kappa shape index (κ1) is 14.7. The monoisotopic (exact) mass is 318 g/mol. The van der Waals surface area contributed by atoms with Crippen LogP contribution in [0.1, 0.15) is 40.2 Å². The van der Waals surface area contributed by atoms with Crippen molar-refractivity contribution in [2.24, 2.45) is 0 Å². The van der Waals surface area contributed by atoms with Crippen LogP contribution in [0.4, 0.5) is 0 Å². The second kappa shape index (κ2) is 4.73. The third kappa shape index (κ3) is 3.32. The standard InChI is InChI=1S/C13H19BrO2S/c1-9(2)17(15,16)12-7-10(13(3,4)5)6-11(14)8-12/h6-9H,1-5H3. The lowest BCUT2D eigenvalue weighted by Gasteiger charge is -2.21. The number of halogens is 1. The molecule has 1 aromatic rings. The Bertz CT molecular complexity index is 511. The van der Waals surface area contributed by atoms with Gasteiger partial charge in [0.15, 0.2) is 9.84 Å². The van der Waals surface area contributed by atoms with Gasteiger partial charge in [0, 0.05) is 4.47 Å². The third-order valence-electron chi connectivity index (χ3n) is 2.69. The minimum absolute atomic E-state index is 0.0645. The Hall–Kier alpha value is -0.350. The number of rotatable bonds is 2. The fraction of sp³-hybridized carbons (Fsp3) is 0.538. The molecule has 1 aromatic carbocycles. The molecule has 0 radical (unpaired) electrons. The van der Waals surface area contributed by atoms with E-state index in [1.54, 1.807) is 26.0 Å². The normalized spacial score (nSPS) is 13.1. The minimum Gasteiger partial charge on any atom is -0.223 e. The van der Waals surface area contributed by atoms with Gasteiger partial charge in [0.1, 0.15) is 0 Å². The summed E-state index contributed by atoms with van der Waals surface area (Å²) in [5.74, 6) is 0. The van der Waals surface area contributed by atoms with Gasteiger partial charge < -0.3 is 0 Å². The molecule has 0 N–H and O–H groups in total. The summed E-state index contributed by atoms with van der Waals surface area (Å²) in [5.41, 5.74) is 0.955. The first-order valence-electron chi connectivity index (χ1n) is 5.60. The Morgan fingerprint density at radius 3 is 2.06 bits per heavy atom. The van der Waals surface area contributed by atoms with Crippen LogP contribution in [0.25, 0.3) is 0 Å². The smallest absolute Gasteiger partial charge is 0.180 e. The van der Waals surface area contributed by atoms with E-state index >= 15 is 0 Å². The van der Waals surface area contributed by atoms with Crippen molar-refractivity contribution in [2.75, 3.05) is 0 Å². The Labute approximate surface area is 112 Å². The van der Waals surface area contributed by atoms with Crippen molar-refractivity contribution in [3.63, 3.8) is 0 Å². The van der Waals surface area contributed by atoms with Gasteiger partial charge in [-0.25, -0.2) is 8.42 Å². The molecule has 1 rings (SSSR count). The quantitative estimate of drug-likeness (QED) is 0.828. The molecule has 0 atom stereocenters.